The summed E-state index contributed by atoms with van der Waals surface area (Å²) >= 11 is 0. The van der Waals surface area contributed by atoms with Gasteiger partial charge in [-0.15, -0.1) is 0 Å². The predicted molar refractivity (Wildman–Crippen MR) is 99.2 cm³/mol. The van der Waals surface area contributed by atoms with E-state index in [0.29, 0.717) is 5.69 Å². The van der Waals surface area contributed by atoms with Crippen LogP contribution in [0.25, 0.3) is 10.8 Å². The van der Waals surface area contributed by atoms with Gasteiger partial charge in [0.05, 0.1) is 4.90 Å². The Morgan fingerprint density at radius 2 is 1.60 bits per heavy atom. The van der Waals surface area contributed by atoms with Crippen LogP contribution in [0.1, 0.15) is 10.4 Å². The highest BCUT2D eigenvalue weighted by Gasteiger charge is 2.19. The Bertz CT molecular complexity index is 1040. The first kappa shape index (κ1) is 17.1. The van der Waals surface area contributed by atoms with E-state index in [1.807, 2.05) is 42.5 Å². The van der Waals surface area contributed by atoms with Gasteiger partial charge in [0, 0.05) is 30.7 Å². The molecule has 0 bridgehead atoms. The minimum absolute atomic E-state index is 0.0862. The number of anilines is 1. The summed E-state index contributed by atoms with van der Waals surface area (Å²) in [5.74, 6) is -0.354. The van der Waals surface area contributed by atoms with E-state index in [-0.39, 0.29) is 16.4 Å². The van der Waals surface area contributed by atoms with E-state index in [1.54, 1.807) is 12.1 Å². The maximum Gasteiger partial charge on any atom is 0.255 e. The van der Waals surface area contributed by atoms with Crippen molar-refractivity contribution in [1.82, 2.24) is 4.31 Å². The van der Waals surface area contributed by atoms with E-state index in [2.05, 4.69) is 5.32 Å². The first-order valence-electron chi connectivity index (χ1n) is 7.71. The number of hydrogen-bond acceptors (Lipinski definition) is 3. The number of nitrogens with zero attached hydrogens (tertiary/aromatic N) is 1. The van der Waals surface area contributed by atoms with Crippen molar-refractivity contribution in [3.05, 3.63) is 72.3 Å². The maximum absolute atomic E-state index is 12.6. The second kappa shape index (κ2) is 6.66. The third-order valence-corrected chi connectivity index (χ3v) is 5.72. The van der Waals surface area contributed by atoms with Crippen molar-refractivity contribution >= 4 is 32.4 Å². The Morgan fingerprint density at radius 3 is 2.36 bits per heavy atom. The number of hydrogen-bond donors (Lipinski definition) is 1. The van der Waals surface area contributed by atoms with Crippen molar-refractivity contribution in [1.29, 1.82) is 0 Å². The fourth-order valence-electron chi connectivity index (χ4n) is 2.54. The van der Waals surface area contributed by atoms with Crippen molar-refractivity contribution in [2.45, 2.75) is 4.90 Å². The van der Waals surface area contributed by atoms with Gasteiger partial charge in [0.15, 0.2) is 0 Å². The fraction of sp³-hybridized carbons (Fsp3) is 0.105. The molecule has 6 heteroatoms. The summed E-state index contributed by atoms with van der Waals surface area (Å²) in [5, 5.41) is 4.81. The molecule has 1 N–H and O–H groups in total. The lowest BCUT2D eigenvalue weighted by Crippen LogP contribution is -2.22. The third-order valence-electron chi connectivity index (χ3n) is 3.91. The molecule has 3 rings (SSSR count). The molecule has 0 fully saturated rings. The second-order valence-electron chi connectivity index (χ2n) is 5.80. The Hall–Kier alpha value is -2.70. The molecular formula is C19H18N2O3S. The first-order chi connectivity index (χ1) is 11.9. The van der Waals surface area contributed by atoms with E-state index in [1.165, 1.54) is 26.2 Å². The van der Waals surface area contributed by atoms with E-state index in [4.69, 9.17) is 0 Å². The Kier molecular flexibility index (Phi) is 4.57. The quantitative estimate of drug-likeness (QED) is 0.781. The van der Waals surface area contributed by atoms with Crippen LogP contribution in [0.4, 0.5) is 5.69 Å². The zero-order valence-corrected chi connectivity index (χ0v) is 14.7. The van der Waals surface area contributed by atoms with E-state index >= 15 is 0 Å². The van der Waals surface area contributed by atoms with Gasteiger partial charge in [-0.2, -0.15) is 0 Å². The summed E-state index contributed by atoms with van der Waals surface area (Å²) in [6, 6.07) is 19.4. The molecule has 0 aromatic heterocycles. The van der Waals surface area contributed by atoms with Gasteiger partial charge in [0.2, 0.25) is 10.0 Å². The summed E-state index contributed by atoms with van der Waals surface area (Å²) in [4.78, 5) is 12.7. The lowest BCUT2D eigenvalue weighted by atomic mass is 10.1. The van der Waals surface area contributed by atoms with E-state index in [0.717, 1.165) is 15.1 Å². The number of carbonyl (C=O) groups is 1. The predicted octanol–water partition coefficient (Wildman–Crippen LogP) is 3.34. The SMILES string of the molecule is CN(C)S(=O)(=O)c1cccc(C(=O)Nc2cccc3ccccc23)c1. The fourth-order valence-corrected chi connectivity index (χ4v) is 3.49. The summed E-state index contributed by atoms with van der Waals surface area (Å²) in [5.41, 5.74) is 0.972. The first-order valence-corrected chi connectivity index (χ1v) is 9.15. The largest absolute Gasteiger partial charge is 0.321 e. The summed E-state index contributed by atoms with van der Waals surface area (Å²) in [7, 11) is -0.674. The van der Waals surface area contributed by atoms with Crippen molar-refractivity contribution in [3.63, 3.8) is 0 Å². The zero-order valence-electron chi connectivity index (χ0n) is 13.9. The van der Waals surface area contributed by atoms with Crippen LogP contribution < -0.4 is 5.32 Å². The molecular weight excluding hydrogens is 336 g/mol. The van der Waals surface area contributed by atoms with Crippen molar-refractivity contribution in [3.8, 4) is 0 Å². The Balaban J connectivity index is 1.94. The van der Waals surface area contributed by atoms with E-state index < -0.39 is 10.0 Å². The highest BCUT2D eigenvalue weighted by molar-refractivity contribution is 7.89. The number of rotatable bonds is 4. The minimum atomic E-state index is -3.59. The van der Waals surface area contributed by atoms with Crippen LogP contribution in [0, 0.1) is 0 Å². The van der Waals surface area contributed by atoms with Crippen LogP contribution in [-0.4, -0.2) is 32.7 Å². The third kappa shape index (κ3) is 3.40. The van der Waals surface area contributed by atoms with E-state index in [9.17, 15) is 13.2 Å². The molecule has 0 aliphatic carbocycles. The highest BCUT2D eigenvalue weighted by Crippen LogP contribution is 2.24. The average molecular weight is 354 g/mol. The normalized spacial score (nSPS) is 11.6. The highest BCUT2D eigenvalue weighted by atomic mass is 32.2. The van der Waals surface area contributed by atoms with Gasteiger partial charge in [-0.3, -0.25) is 4.79 Å². The average Bonchev–Trinajstić information content (AvgIpc) is 2.62. The van der Waals surface area contributed by atoms with Gasteiger partial charge in [0.1, 0.15) is 0 Å². The number of benzene rings is 3. The van der Waals surface area contributed by atoms with Gasteiger partial charge in [-0.1, -0.05) is 42.5 Å². The molecule has 128 valence electrons. The van der Waals surface area contributed by atoms with Gasteiger partial charge >= 0.3 is 0 Å². The van der Waals surface area contributed by atoms with Crippen LogP contribution in [0.5, 0.6) is 0 Å². The minimum Gasteiger partial charge on any atom is -0.321 e. The standard InChI is InChI=1S/C19H18N2O3S/c1-21(2)25(23,24)16-10-5-9-15(13-16)19(22)20-18-12-6-8-14-7-3-4-11-17(14)18/h3-13H,1-2H3,(H,20,22). The number of sulfonamides is 1. The maximum atomic E-state index is 12.6. The van der Waals surface area contributed by atoms with Crippen LogP contribution >= 0.6 is 0 Å². The molecule has 0 saturated carbocycles. The topological polar surface area (TPSA) is 66.5 Å². The number of nitrogens with one attached hydrogen (secondary N) is 1. The number of amides is 1. The van der Waals surface area contributed by atoms with Crippen molar-refractivity contribution < 1.29 is 13.2 Å². The lowest BCUT2D eigenvalue weighted by Gasteiger charge is -2.13. The lowest BCUT2D eigenvalue weighted by molar-refractivity contribution is 0.102. The molecule has 0 spiro atoms. The summed E-state index contributed by atoms with van der Waals surface area (Å²) in [6.07, 6.45) is 0. The molecule has 0 atom stereocenters. The molecule has 0 heterocycles. The van der Waals surface area contributed by atoms with Crippen molar-refractivity contribution in [2.24, 2.45) is 0 Å². The molecule has 0 radical (unpaired) electrons. The second-order valence-corrected chi connectivity index (χ2v) is 7.95. The van der Waals surface area contributed by atoms with Gasteiger partial charge in [-0.25, -0.2) is 12.7 Å². The van der Waals surface area contributed by atoms with Gasteiger partial charge in [0.25, 0.3) is 5.91 Å². The Morgan fingerprint density at radius 1 is 0.920 bits per heavy atom. The van der Waals surface area contributed by atoms with Crippen molar-refractivity contribution in [2.75, 3.05) is 19.4 Å². The molecule has 1 amide bonds. The molecule has 3 aromatic carbocycles. The molecule has 5 nitrogen and oxygen atoms in total. The smallest absolute Gasteiger partial charge is 0.255 e. The summed E-state index contributed by atoms with van der Waals surface area (Å²) < 4.78 is 25.6. The molecule has 3 aromatic rings. The molecule has 0 aliphatic rings. The number of fused-ring (bicyclic) bond motifs is 1. The summed E-state index contributed by atoms with van der Waals surface area (Å²) in [6.45, 7) is 0. The van der Waals surface area contributed by atoms with Gasteiger partial charge < -0.3 is 5.32 Å². The Labute approximate surface area is 146 Å². The molecule has 0 saturated heterocycles. The molecule has 0 aliphatic heterocycles. The molecule has 25 heavy (non-hydrogen) atoms. The van der Waals surface area contributed by atoms with Crippen LogP contribution in [-0.2, 0) is 10.0 Å². The van der Waals surface area contributed by atoms with Crippen LogP contribution in [0.15, 0.2) is 71.6 Å². The number of carbonyl (C=O) groups excluding carboxylic acids is 1. The van der Waals surface area contributed by atoms with Crippen LogP contribution in [0.3, 0.4) is 0 Å². The zero-order chi connectivity index (χ0) is 18.0. The monoisotopic (exact) mass is 354 g/mol. The molecule has 0 unspecified atom stereocenters. The van der Waals surface area contributed by atoms with Crippen LogP contribution in [0.2, 0.25) is 0 Å². The van der Waals surface area contributed by atoms with Gasteiger partial charge in [-0.05, 0) is 29.7 Å².